The van der Waals surface area contributed by atoms with Crippen molar-refractivity contribution in [1.29, 1.82) is 0 Å². The Morgan fingerprint density at radius 2 is 2.00 bits per heavy atom. The molecule has 0 aliphatic heterocycles. The maximum absolute atomic E-state index is 5.38. The standard InChI is InChI=1S/C16H21N3O2/c1-4-5-12-8-16(19-18-10-12)17-11-13-6-7-14(20-2)9-15(13)21-3/h6-10H,4-5,11H2,1-3H3,(H,17,19). The molecule has 0 amide bonds. The molecule has 0 unspecified atom stereocenters. The van der Waals surface area contributed by atoms with Crippen molar-refractivity contribution in [3.8, 4) is 11.5 Å². The Morgan fingerprint density at radius 1 is 1.14 bits per heavy atom. The molecule has 1 heterocycles. The van der Waals surface area contributed by atoms with Gasteiger partial charge < -0.3 is 14.8 Å². The van der Waals surface area contributed by atoms with E-state index in [2.05, 4.69) is 22.4 Å². The highest BCUT2D eigenvalue weighted by molar-refractivity contribution is 5.44. The molecule has 112 valence electrons. The van der Waals surface area contributed by atoms with Crippen LogP contribution in [0.15, 0.2) is 30.5 Å². The van der Waals surface area contributed by atoms with Crippen LogP contribution in [0.4, 0.5) is 5.82 Å². The lowest BCUT2D eigenvalue weighted by molar-refractivity contribution is 0.391. The Bertz CT molecular complexity index is 587. The lowest BCUT2D eigenvalue weighted by atomic mass is 10.1. The van der Waals surface area contributed by atoms with E-state index < -0.39 is 0 Å². The molecule has 0 aliphatic rings. The van der Waals surface area contributed by atoms with Crippen LogP contribution in [0.3, 0.4) is 0 Å². The molecule has 0 radical (unpaired) electrons. The largest absolute Gasteiger partial charge is 0.497 e. The second-order valence-corrected chi connectivity index (χ2v) is 4.73. The van der Waals surface area contributed by atoms with Gasteiger partial charge in [0.25, 0.3) is 0 Å². The molecule has 1 aromatic carbocycles. The molecular formula is C16H21N3O2. The lowest BCUT2D eigenvalue weighted by Gasteiger charge is -2.11. The van der Waals surface area contributed by atoms with Crippen molar-refractivity contribution >= 4 is 5.82 Å². The number of aryl methyl sites for hydroxylation is 1. The zero-order valence-electron chi connectivity index (χ0n) is 12.7. The number of ether oxygens (including phenoxy) is 2. The van der Waals surface area contributed by atoms with Gasteiger partial charge in [0, 0.05) is 18.2 Å². The van der Waals surface area contributed by atoms with Crippen LogP contribution in [-0.4, -0.2) is 24.4 Å². The van der Waals surface area contributed by atoms with Gasteiger partial charge in [-0.05, 0) is 30.2 Å². The quantitative estimate of drug-likeness (QED) is 0.848. The number of rotatable bonds is 7. The molecule has 21 heavy (non-hydrogen) atoms. The fraction of sp³-hybridized carbons (Fsp3) is 0.375. The number of nitrogens with one attached hydrogen (secondary N) is 1. The summed E-state index contributed by atoms with van der Waals surface area (Å²) in [5.41, 5.74) is 2.23. The number of anilines is 1. The first kappa shape index (κ1) is 15.1. The molecule has 0 fully saturated rings. The number of hydrogen-bond acceptors (Lipinski definition) is 5. The molecule has 0 aliphatic carbocycles. The van der Waals surface area contributed by atoms with Crippen LogP contribution in [0, 0.1) is 0 Å². The summed E-state index contributed by atoms with van der Waals surface area (Å²) >= 11 is 0. The first-order chi connectivity index (χ1) is 10.3. The van der Waals surface area contributed by atoms with E-state index in [0.29, 0.717) is 6.54 Å². The van der Waals surface area contributed by atoms with E-state index in [-0.39, 0.29) is 0 Å². The number of aromatic nitrogens is 2. The Morgan fingerprint density at radius 3 is 2.71 bits per heavy atom. The van der Waals surface area contributed by atoms with Crippen LogP contribution in [-0.2, 0) is 13.0 Å². The van der Waals surface area contributed by atoms with Gasteiger partial charge in [-0.1, -0.05) is 13.3 Å². The average molecular weight is 287 g/mol. The van der Waals surface area contributed by atoms with Gasteiger partial charge in [-0.3, -0.25) is 0 Å². The van der Waals surface area contributed by atoms with Crippen molar-refractivity contribution in [2.24, 2.45) is 0 Å². The fourth-order valence-electron chi connectivity index (χ4n) is 2.10. The van der Waals surface area contributed by atoms with Crippen molar-refractivity contribution < 1.29 is 9.47 Å². The minimum Gasteiger partial charge on any atom is -0.497 e. The van der Waals surface area contributed by atoms with E-state index in [1.54, 1.807) is 14.2 Å². The topological polar surface area (TPSA) is 56.3 Å². The Balaban J connectivity index is 2.07. The third kappa shape index (κ3) is 4.08. The summed E-state index contributed by atoms with van der Waals surface area (Å²) in [6, 6.07) is 7.80. The normalized spacial score (nSPS) is 10.2. The third-order valence-electron chi connectivity index (χ3n) is 3.20. The average Bonchev–Trinajstić information content (AvgIpc) is 2.53. The molecule has 5 nitrogen and oxygen atoms in total. The number of hydrogen-bond donors (Lipinski definition) is 1. The molecule has 0 spiro atoms. The zero-order valence-corrected chi connectivity index (χ0v) is 12.7. The summed E-state index contributed by atoms with van der Waals surface area (Å²) in [5, 5.41) is 11.4. The van der Waals surface area contributed by atoms with Gasteiger partial charge >= 0.3 is 0 Å². The molecule has 0 bridgehead atoms. The highest BCUT2D eigenvalue weighted by Crippen LogP contribution is 2.25. The Hall–Kier alpha value is -2.30. The van der Waals surface area contributed by atoms with Gasteiger partial charge in [-0.25, -0.2) is 0 Å². The summed E-state index contributed by atoms with van der Waals surface area (Å²) in [4.78, 5) is 0. The van der Waals surface area contributed by atoms with E-state index >= 15 is 0 Å². The molecule has 1 N–H and O–H groups in total. The second kappa shape index (κ2) is 7.47. The first-order valence-electron chi connectivity index (χ1n) is 7.03. The smallest absolute Gasteiger partial charge is 0.149 e. The van der Waals surface area contributed by atoms with Gasteiger partial charge in [0.15, 0.2) is 0 Å². The minimum absolute atomic E-state index is 0.622. The van der Waals surface area contributed by atoms with Crippen LogP contribution in [0.25, 0.3) is 0 Å². The second-order valence-electron chi connectivity index (χ2n) is 4.73. The van der Waals surface area contributed by atoms with E-state index in [9.17, 15) is 0 Å². The van der Waals surface area contributed by atoms with Crippen molar-refractivity contribution in [1.82, 2.24) is 10.2 Å². The molecular weight excluding hydrogens is 266 g/mol. The van der Waals surface area contributed by atoms with E-state index in [4.69, 9.17) is 9.47 Å². The predicted molar refractivity (Wildman–Crippen MR) is 82.9 cm³/mol. The van der Waals surface area contributed by atoms with Crippen molar-refractivity contribution in [2.45, 2.75) is 26.3 Å². The van der Waals surface area contributed by atoms with E-state index in [1.807, 2.05) is 30.5 Å². The maximum atomic E-state index is 5.38. The minimum atomic E-state index is 0.622. The van der Waals surface area contributed by atoms with Crippen LogP contribution < -0.4 is 14.8 Å². The SMILES string of the molecule is CCCc1cnnc(NCc2ccc(OC)cc2OC)c1. The molecule has 1 aromatic heterocycles. The lowest BCUT2D eigenvalue weighted by Crippen LogP contribution is -2.05. The van der Waals surface area contributed by atoms with Crippen molar-refractivity contribution in [3.05, 3.63) is 41.6 Å². The summed E-state index contributed by atoms with van der Waals surface area (Å²) in [6.45, 7) is 2.77. The molecule has 5 heteroatoms. The van der Waals surface area contributed by atoms with Crippen molar-refractivity contribution in [3.63, 3.8) is 0 Å². The van der Waals surface area contributed by atoms with E-state index in [0.717, 1.165) is 35.7 Å². The van der Waals surface area contributed by atoms with Gasteiger partial charge in [0.2, 0.25) is 0 Å². The summed E-state index contributed by atoms with van der Waals surface area (Å²) in [6.07, 6.45) is 3.91. The monoisotopic (exact) mass is 287 g/mol. The summed E-state index contributed by atoms with van der Waals surface area (Å²) in [5.74, 6) is 2.35. The van der Waals surface area contributed by atoms with Gasteiger partial charge in [-0.15, -0.1) is 5.10 Å². The highest BCUT2D eigenvalue weighted by Gasteiger charge is 2.06. The van der Waals surface area contributed by atoms with Gasteiger partial charge in [0.05, 0.1) is 20.4 Å². The first-order valence-corrected chi connectivity index (χ1v) is 7.03. The number of methoxy groups -OCH3 is 2. The third-order valence-corrected chi connectivity index (χ3v) is 3.20. The number of benzene rings is 1. The van der Waals surface area contributed by atoms with Crippen molar-refractivity contribution in [2.75, 3.05) is 19.5 Å². The van der Waals surface area contributed by atoms with Crippen LogP contribution >= 0.6 is 0 Å². The van der Waals surface area contributed by atoms with Crippen LogP contribution in [0.1, 0.15) is 24.5 Å². The predicted octanol–water partition coefficient (Wildman–Crippen LogP) is 3.06. The van der Waals surface area contributed by atoms with Gasteiger partial charge in [0.1, 0.15) is 17.3 Å². The van der Waals surface area contributed by atoms with E-state index in [1.165, 1.54) is 5.56 Å². The zero-order chi connectivity index (χ0) is 15.1. The van der Waals surface area contributed by atoms with Crippen LogP contribution in [0.5, 0.6) is 11.5 Å². The van der Waals surface area contributed by atoms with Gasteiger partial charge in [-0.2, -0.15) is 5.10 Å². The van der Waals surface area contributed by atoms with Crippen LogP contribution in [0.2, 0.25) is 0 Å². The Kier molecular flexibility index (Phi) is 5.37. The molecule has 0 atom stereocenters. The summed E-state index contributed by atoms with van der Waals surface area (Å²) in [7, 11) is 3.29. The molecule has 2 aromatic rings. The molecule has 2 rings (SSSR count). The Labute approximate surface area is 125 Å². The maximum Gasteiger partial charge on any atom is 0.149 e. The summed E-state index contributed by atoms with van der Waals surface area (Å²) < 4.78 is 10.6. The molecule has 0 saturated heterocycles. The number of nitrogens with zero attached hydrogens (tertiary/aromatic N) is 2. The highest BCUT2D eigenvalue weighted by atomic mass is 16.5. The fourth-order valence-corrected chi connectivity index (χ4v) is 2.10. The molecule has 0 saturated carbocycles.